The van der Waals surface area contributed by atoms with E-state index in [0.29, 0.717) is 0 Å². The van der Waals surface area contributed by atoms with E-state index in [2.05, 4.69) is 274 Å². The van der Waals surface area contributed by atoms with E-state index in [1.165, 1.54) is 50.1 Å². The normalized spacial score (nSPS) is 11.9. The molecule has 0 heterocycles. The van der Waals surface area contributed by atoms with E-state index in [-0.39, 0.29) is 0 Å². The Kier molecular flexibility index (Phi) is 14.3. The zero-order valence-corrected chi connectivity index (χ0v) is 35.6. The van der Waals surface area contributed by atoms with Gasteiger partial charge in [-0.05, 0) is 125 Å². The summed E-state index contributed by atoms with van der Waals surface area (Å²) in [5.74, 6) is 0. The molecule has 0 aliphatic heterocycles. The summed E-state index contributed by atoms with van der Waals surface area (Å²) in [5.41, 5.74) is 17.5. The molecule has 0 bridgehead atoms. The first-order valence-electron chi connectivity index (χ1n) is 21.0. The van der Waals surface area contributed by atoms with Crippen LogP contribution in [-0.4, -0.2) is 0 Å². The maximum absolute atomic E-state index is 2.35. The van der Waals surface area contributed by atoms with Crippen LogP contribution in [-0.2, 0) is 0 Å². The summed E-state index contributed by atoms with van der Waals surface area (Å²) >= 11 is 0. The lowest BCUT2D eigenvalue weighted by molar-refractivity contribution is 1.28. The smallest absolute Gasteiger partial charge is 0.0467 e. The number of nitrogens with zero attached hydrogens (tertiary/aromatic N) is 1. The van der Waals surface area contributed by atoms with E-state index in [1.807, 2.05) is 6.92 Å². The topological polar surface area (TPSA) is 3.24 Å². The molecule has 7 rings (SSSR count). The number of aryl methyl sites for hydroxylation is 2. The molecule has 0 saturated carbocycles. The minimum Gasteiger partial charge on any atom is -0.310 e. The number of rotatable bonds is 12. The summed E-state index contributed by atoms with van der Waals surface area (Å²) in [6, 6.07) is 71.4. The fourth-order valence-electron chi connectivity index (χ4n) is 7.31. The highest BCUT2D eigenvalue weighted by Gasteiger charge is 2.15. The molecule has 1 nitrogen and oxygen atoms in total. The molecule has 1 heteroatoms. The van der Waals surface area contributed by atoms with Crippen molar-refractivity contribution in [3.8, 4) is 22.3 Å². The predicted octanol–water partition coefficient (Wildman–Crippen LogP) is 17.0. The van der Waals surface area contributed by atoms with Gasteiger partial charge in [-0.1, -0.05) is 218 Å². The fourth-order valence-corrected chi connectivity index (χ4v) is 7.31. The van der Waals surface area contributed by atoms with E-state index in [0.717, 1.165) is 33.8 Å². The van der Waals surface area contributed by atoms with Gasteiger partial charge in [0.2, 0.25) is 0 Å². The third kappa shape index (κ3) is 11.2. The Hall–Kier alpha value is -7.48. The zero-order valence-electron chi connectivity index (χ0n) is 35.6. The van der Waals surface area contributed by atoms with Crippen LogP contribution >= 0.6 is 0 Å². The van der Waals surface area contributed by atoms with E-state index in [1.54, 1.807) is 0 Å². The number of hydrogen-bond acceptors (Lipinski definition) is 1. The Balaban J connectivity index is 1.30. The highest BCUT2D eigenvalue weighted by molar-refractivity contribution is 5.86. The first-order chi connectivity index (χ1) is 30.0. The number of anilines is 3. The third-order valence-corrected chi connectivity index (χ3v) is 10.7. The Morgan fingerprint density at radius 3 is 1.82 bits per heavy atom. The minimum atomic E-state index is 1.08. The second-order valence-corrected chi connectivity index (χ2v) is 15.1. The lowest BCUT2D eigenvalue weighted by Gasteiger charge is -2.26. The van der Waals surface area contributed by atoms with Gasteiger partial charge >= 0.3 is 0 Å². The van der Waals surface area contributed by atoms with Gasteiger partial charge in [0.15, 0.2) is 0 Å². The van der Waals surface area contributed by atoms with Crippen LogP contribution in [0.4, 0.5) is 17.1 Å². The molecule has 0 N–H and O–H groups in total. The number of allylic oxidation sites excluding steroid dienone is 8. The Morgan fingerprint density at radius 2 is 1.08 bits per heavy atom. The molecular formula is C60H53N. The molecule has 0 fully saturated rings. The molecule has 0 aromatic heterocycles. The first kappa shape index (κ1) is 41.7. The Bertz CT molecular complexity index is 2750. The highest BCUT2D eigenvalue weighted by atomic mass is 15.1. The van der Waals surface area contributed by atoms with Crippen molar-refractivity contribution < 1.29 is 0 Å². The van der Waals surface area contributed by atoms with Crippen molar-refractivity contribution in [2.24, 2.45) is 0 Å². The van der Waals surface area contributed by atoms with Crippen LogP contribution in [0.1, 0.15) is 47.2 Å². The summed E-state index contributed by atoms with van der Waals surface area (Å²) in [7, 11) is 0. The van der Waals surface area contributed by atoms with Crippen molar-refractivity contribution in [3.05, 3.63) is 270 Å². The van der Waals surface area contributed by atoms with Crippen LogP contribution in [0.5, 0.6) is 0 Å². The molecule has 7 aromatic rings. The van der Waals surface area contributed by atoms with Gasteiger partial charge in [-0.25, -0.2) is 0 Å². The quantitative estimate of drug-likeness (QED) is 0.112. The van der Waals surface area contributed by atoms with Crippen molar-refractivity contribution in [2.75, 3.05) is 4.90 Å². The van der Waals surface area contributed by atoms with Gasteiger partial charge in [0.1, 0.15) is 0 Å². The van der Waals surface area contributed by atoms with Gasteiger partial charge in [0.25, 0.3) is 0 Å². The molecule has 7 aromatic carbocycles. The monoisotopic (exact) mass is 787 g/mol. The van der Waals surface area contributed by atoms with Gasteiger partial charge in [0, 0.05) is 17.1 Å². The zero-order chi connectivity index (χ0) is 42.2. The van der Waals surface area contributed by atoms with Crippen LogP contribution in [0.15, 0.2) is 237 Å². The van der Waals surface area contributed by atoms with Crippen molar-refractivity contribution in [3.63, 3.8) is 0 Å². The summed E-state index contributed by atoms with van der Waals surface area (Å²) in [6.07, 6.45) is 17.3. The average molecular weight is 788 g/mol. The van der Waals surface area contributed by atoms with Crippen LogP contribution in [0, 0.1) is 13.8 Å². The SMILES string of the molecule is C/C=C\C=C/c1c(C)cccc1-c1ccc(N(c2ccc(C(/C=C/c3ccccc3)=C/C=C(\C)c3ccccccc(C)cc3)cc2)c2cccc(-c3ccccc3)c2)cc1. The van der Waals surface area contributed by atoms with E-state index >= 15 is 0 Å². The molecule has 0 radical (unpaired) electrons. The molecular weight excluding hydrogens is 735 g/mol. The Labute approximate surface area is 363 Å². The van der Waals surface area contributed by atoms with E-state index in [9.17, 15) is 0 Å². The lowest BCUT2D eigenvalue weighted by Crippen LogP contribution is -2.10. The molecule has 61 heavy (non-hydrogen) atoms. The van der Waals surface area contributed by atoms with Gasteiger partial charge in [0.05, 0.1) is 0 Å². The predicted molar refractivity (Wildman–Crippen MR) is 266 cm³/mol. The van der Waals surface area contributed by atoms with Gasteiger partial charge in [-0.3, -0.25) is 0 Å². The minimum absolute atomic E-state index is 1.08. The average Bonchev–Trinajstić information content (AvgIpc) is 3.30. The molecule has 0 spiro atoms. The Morgan fingerprint density at radius 1 is 0.459 bits per heavy atom. The fraction of sp³-hybridized carbons (Fsp3) is 0.0667. The van der Waals surface area contributed by atoms with Crippen molar-refractivity contribution in [2.45, 2.75) is 27.7 Å². The van der Waals surface area contributed by atoms with Crippen LogP contribution in [0.2, 0.25) is 0 Å². The molecule has 0 amide bonds. The largest absolute Gasteiger partial charge is 0.310 e. The lowest BCUT2D eigenvalue weighted by atomic mass is 9.95. The molecule has 0 aliphatic rings. The molecule has 0 aliphatic carbocycles. The second-order valence-electron chi connectivity index (χ2n) is 15.1. The summed E-state index contributed by atoms with van der Waals surface area (Å²) in [4.78, 5) is 2.35. The van der Waals surface area contributed by atoms with E-state index < -0.39 is 0 Å². The van der Waals surface area contributed by atoms with Gasteiger partial charge in [-0.15, -0.1) is 0 Å². The van der Waals surface area contributed by atoms with E-state index in [4.69, 9.17) is 0 Å². The molecule has 298 valence electrons. The number of hydrogen-bond donors (Lipinski definition) is 0. The second kappa shape index (κ2) is 21.0. The molecule has 0 saturated heterocycles. The maximum Gasteiger partial charge on any atom is 0.0467 e. The van der Waals surface area contributed by atoms with Crippen LogP contribution in [0.3, 0.4) is 0 Å². The van der Waals surface area contributed by atoms with Crippen molar-refractivity contribution in [1.29, 1.82) is 0 Å². The summed E-state index contributed by atoms with van der Waals surface area (Å²) in [6.45, 7) is 8.52. The number of benzene rings is 6. The third-order valence-electron chi connectivity index (χ3n) is 10.7. The van der Waals surface area contributed by atoms with Crippen LogP contribution in [0.25, 0.3) is 45.6 Å². The van der Waals surface area contributed by atoms with Crippen LogP contribution < -0.4 is 4.90 Å². The highest BCUT2D eigenvalue weighted by Crippen LogP contribution is 2.39. The first-order valence-corrected chi connectivity index (χ1v) is 21.0. The standard InChI is InChI=1S/C60H53N/c1-5-6-11-29-59-48(4)21-18-30-60(59)54-39-43-57(44-40-54)61(58-28-19-27-55(45-58)51-25-16-10-17-26-51)56-41-37-53(38-42-56)52(36-33-49-22-13-9-14-23-49)35-32-47(3)50-24-15-8-7-12-20-46(2)31-34-50/h5-45H,1-4H3/b6-5-,8-7?,12-7?,15-8?,20-12?,24-15?,29-11-,34-31?,36-33+,46-20?,46-31?,47-32+,50-24?,50-34?,52-35+. The molecule has 0 unspecified atom stereocenters. The van der Waals surface area contributed by atoms with Gasteiger partial charge in [-0.2, -0.15) is 0 Å². The summed E-state index contributed by atoms with van der Waals surface area (Å²) < 4.78 is 0. The maximum atomic E-state index is 2.35. The van der Waals surface area contributed by atoms with Crippen molar-refractivity contribution in [1.82, 2.24) is 0 Å². The van der Waals surface area contributed by atoms with Gasteiger partial charge < -0.3 is 4.90 Å². The summed E-state index contributed by atoms with van der Waals surface area (Å²) in [5, 5.41) is 0. The van der Waals surface area contributed by atoms with Crippen molar-refractivity contribution >= 4 is 40.4 Å². The molecule has 0 atom stereocenters.